The van der Waals surface area contributed by atoms with Gasteiger partial charge in [-0.15, -0.1) is 0 Å². The molecule has 6 nitrogen and oxygen atoms in total. The maximum absolute atomic E-state index is 4.95. The number of rotatable bonds is 7. The van der Waals surface area contributed by atoms with E-state index in [4.69, 9.17) is 4.52 Å². The largest absolute Gasteiger partial charge is 0.340 e. The van der Waals surface area contributed by atoms with Gasteiger partial charge in [-0.25, -0.2) is 0 Å². The first kappa shape index (κ1) is 14.2. The zero-order chi connectivity index (χ0) is 13.7. The monoisotopic (exact) mass is 327 g/mol. The molecule has 0 spiro atoms. The quantitative estimate of drug-likeness (QED) is 0.787. The number of nitrogens with one attached hydrogen (secondary N) is 1. The van der Waals surface area contributed by atoms with Crippen LogP contribution in [-0.4, -0.2) is 26.5 Å². The number of halogens is 1. The molecular weight excluding hydrogens is 310 g/mol. The lowest BCUT2D eigenvalue weighted by Gasteiger charge is -2.06. The standard InChI is InChI=1S/C12H18BrN5O/c1-3-9-12(13)10(18(4-2)17-9)7-14-6-5-11-15-8-16-19-11/h8,14H,3-7H2,1-2H3. The molecule has 0 saturated carbocycles. The highest BCUT2D eigenvalue weighted by atomic mass is 79.9. The summed E-state index contributed by atoms with van der Waals surface area (Å²) in [5, 5.41) is 11.5. The molecule has 0 bridgehead atoms. The Hall–Kier alpha value is -1.21. The summed E-state index contributed by atoms with van der Waals surface area (Å²) in [6, 6.07) is 0. The highest BCUT2D eigenvalue weighted by molar-refractivity contribution is 9.10. The average Bonchev–Trinajstić information content (AvgIpc) is 3.03. The van der Waals surface area contributed by atoms with Crippen molar-refractivity contribution in [1.82, 2.24) is 25.2 Å². The van der Waals surface area contributed by atoms with Crippen molar-refractivity contribution in [2.24, 2.45) is 0 Å². The Morgan fingerprint density at radius 2 is 2.26 bits per heavy atom. The molecule has 2 aromatic rings. The van der Waals surface area contributed by atoms with Crippen LogP contribution >= 0.6 is 15.9 Å². The van der Waals surface area contributed by atoms with Crippen LogP contribution in [0.15, 0.2) is 15.3 Å². The summed E-state index contributed by atoms with van der Waals surface area (Å²) in [5.74, 6) is 0.657. The summed E-state index contributed by atoms with van der Waals surface area (Å²) in [7, 11) is 0. The maximum atomic E-state index is 4.95. The Kier molecular flexibility index (Phi) is 5.09. The molecule has 0 aliphatic heterocycles. The van der Waals surface area contributed by atoms with Crippen LogP contribution in [0.4, 0.5) is 0 Å². The highest BCUT2D eigenvalue weighted by Gasteiger charge is 2.13. The molecule has 0 aliphatic carbocycles. The van der Waals surface area contributed by atoms with Gasteiger partial charge in [0.25, 0.3) is 0 Å². The molecule has 0 unspecified atom stereocenters. The van der Waals surface area contributed by atoms with Crippen molar-refractivity contribution in [2.45, 2.75) is 39.8 Å². The van der Waals surface area contributed by atoms with E-state index in [9.17, 15) is 0 Å². The molecule has 2 heterocycles. The third kappa shape index (κ3) is 3.42. The van der Waals surface area contributed by atoms with Crippen LogP contribution < -0.4 is 5.32 Å². The molecule has 104 valence electrons. The van der Waals surface area contributed by atoms with Crippen LogP contribution in [-0.2, 0) is 25.9 Å². The number of nitrogens with zero attached hydrogens (tertiary/aromatic N) is 4. The zero-order valence-corrected chi connectivity index (χ0v) is 12.8. The lowest BCUT2D eigenvalue weighted by atomic mass is 10.3. The fourth-order valence-electron chi connectivity index (χ4n) is 1.89. The first-order chi connectivity index (χ1) is 9.26. The summed E-state index contributed by atoms with van der Waals surface area (Å²) in [5.41, 5.74) is 2.29. The molecule has 19 heavy (non-hydrogen) atoms. The number of hydrogen-bond acceptors (Lipinski definition) is 5. The topological polar surface area (TPSA) is 68.8 Å². The molecule has 0 fully saturated rings. The summed E-state index contributed by atoms with van der Waals surface area (Å²) < 4.78 is 8.09. The van der Waals surface area contributed by atoms with Gasteiger partial charge in [0.1, 0.15) is 0 Å². The van der Waals surface area contributed by atoms with Crippen LogP contribution in [0.5, 0.6) is 0 Å². The van der Waals surface area contributed by atoms with Crippen LogP contribution in [0.25, 0.3) is 0 Å². The van der Waals surface area contributed by atoms with E-state index >= 15 is 0 Å². The van der Waals surface area contributed by atoms with Crippen molar-refractivity contribution in [3.8, 4) is 0 Å². The van der Waals surface area contributed by atoms with Gasteiger partial charge in [0.05, 0.1) is 15.9 Å². The molecule has 1 N–H and O–H groups in total. The smallest absolute Gasteiger partial charge is 0.227 e. The molecule has 7 heteroatoms. The second-order valence-corrected chi connectivity index (χ2v) is 4.93. The van der Waals surface area contributed by atoms with E-state index in [-0.39, 0.29) is 0 Å². The fourth-order valence-corrected chi connectivity index (χ4v) is 2.60. The Morgan fingerprint density at radius 3 is 2.89 bits per heavy atom. The predicted octanol–water partition coefficient (Wildman–Crippen LogP) is 1.94. The van der Waals surface area contributed by atoms with E-state index in [0.717, 1.165) is 42.6 Å². The van der Waals surface area contributed by atoms with Gasteiger partial charge in [-0.1, -0.05) is 12.1 Å². The third-order valence-electron chi connectivity index (χ3n) is 2.91. The lowest BCUT2D eigenvalue weighted by Crippen LogP contribution is -2.19. The Bertz CT molecular complexity index is 508. The third-order valence-corrected chi connectivity index (χ3v) is 3.82. The Labute approximate surface area is 120 Å². The highest BCUT2D eigenvalue weighted by Crippen LogP contribution is 2.22. The zero-order valence-electron chi connectivity index (χ0n) is 11.2. The van der Waals surface area contributed by atoms with Gasteiger partial charge in [-0.3, -0.25) is 4.68 Å². The van der Waals surface area contributed by atoms with Crippen molar-refractivity contribution in [3.05, 3.63) is 28.1 Å². The van der Waals surface area contributed by atoms with E-state index in [1.807, 2.05) is 4.68 Å². The first-order valence-corrected chi connectivity index (χ1v) is 7.25. The van der Waals surface area contributed by atoms with Gasteiger partial charge in [-0.05, 0) is 29.3 Å². The first-order valence-electron chi connectivity index (χ1n) is 6.46. The molecule has 0 aliphatic rings. The second kappa shape index (κ2) is 6.81. The minimum absolute atomic E-state index is 0.657. The molecular formula is C12H18BrN5O. The van der Waals surface area contributed by atoms with Crippen molar-refractivity contribution < 1.29 is 4.52 Å². The molecule has 0 atom stereocenters. The molecule has 0 aromatic carbocycles. The average molecular weight is 328 g/mol. The second-order valence-electron chi connectivity index (χ2n) is 4.14. The van der Waals surface area contributed by atoms with E-state index in [1.54, 1.807) is 0 Å². The van der Waals surface area contributed by atoms with Crippen LogP contribution in [0, 0.1) is 0 Å². The van der Waals surface area contributed by atoms with Gasteiger partial charge in [0, 0.05) is 26.1 Å². The minimum Gasteiger partial charge on any atom is -0.340 e. The van der Waals surface area contributed by atoms with Gasteiger partial charge >= 0.3 is 0 Å². The maximum Gasteiger partial charge on any atom is 0.227 e. The van der Waals surface area contributed by atoms with E-state index < -0.39 is 0 Å². The van der Waals surface area contributed by atoms with E-state index in [1.165, 1.54) is 12.0 Å². The SMILES string of the molecule is CCc1nn(CC)c(CNCCc2ncno2)c1Br. The lowest BCUT2D eigenvalue weighted by molar-refractivity contribution is 0.374. The predicted molar refractivity (Wildman–Crippen MR) is 74.7 cm³/mol. The van der Waals surface area contributed by atoms with Crippen LogP contribution in [0.1, 0.15) is 31.1 Å². The van der Waals surface area contributed by atoms with Gasteiger partial charge in [-0.2, -0.15) is 10.1 Å². The number of aromatic nitrogens is 4. The molecule has 2 rings (SSSR count). The fraction of sp³-hybridized carbons (Fsp3) is 0.583. The summed E-state index contributed by atoms with van der Waals surface area (Å²) in [6.07, 6.45) is 3.09. The van der Waals surface area contributed by atoms with E-state index in [2.05, 4.69) is 50.3 Å². The minimum atomic E-state index is 0.657. The van der Waals surface area contributed by atoms with Gasteiger partial charge in [0.15, 0.2) is 6.33 Å². The summed E-state index contributed by atoms with van der Waals surface area (Å²) in [4.78, 5) is 3.98. The molecule has 0 amide bonds. The van der Waals surface area contributed by atoms with Crippen LogP contribution in [0.2, 0.25) is 0 Å². The van der Waals surface area contributed by atoms with Crippen LogP contribution in [0.3, 0.4) is 0 Å². The number of hydrogen-bond donors (Lipinski definition) is 1. The van der Waals surface area contributed by atoms with Crippen molar-refractivity contribution in [3.63, 3.8) is 0 Å². The molecule has 0 radical (unpaired) electrons. The Balaban J connectivity index is 1.90. The van der Waals surface area contributed by atoms with Crippen molar-refractivity contribution in [1.29, 1.82) is 0 Å². The van der Waals surface area contributed by atoms with Gasteiger partial charge in [0.2, 0.25) is 5.89 Å². The normalized spacial score (nSPS) is 11.1. The molecule has 0 saturated heterocycles. The van der Waals surface area contributed by atoms with Crippen molar-refractivity contribution in [2.75, 3.05) is 6.54 Å². The summed E-state index contributed by atoms with van der Waals surface area (Å²) in [6.45, 7) is 6.65. The van der Waals surface area contributed by atoms with Gasteiger partial charge < -0.3 is 9.84 Å². The van der Waals surface area contributed by atoms with E-state index in [0.29, 0.717) is 5.89 Å². The Morgan fingerprint density at radius 1 is 1.42 bits per heavy atom. The summed E-state index contributed by atoms with van der Waals surface area (Å²) >= 11 is 3.63. The van der Waals surface area contributed by atoms with Crippen molar-refractivity contribution >= 4 is 15.9 Å². The molecule has 2 aromatic heterocycles. The number of aryl methyl sites for hydroxylation is 2.